The zero-order valence-electron chi connectivity index (χ0n) is 13.1. The molecule has 1 unspecified atom stereocenters. The van der Waals surface area contributed by atoms with Gasteiger partial charge in [-0.3, -0.25) is 0 Å². The van der Waals surface area contributed by atoms with E-state index in [4.69, 9.17) is 4.74 Å². The molecule has 0 radical (unpaired) electrons. The van der Waals surface area contributed by atoms with E-state index in [1.54, 1.807) is 0 Å². The lowest BCUT2D eigenvalue weighted by atomic mass is 9.90. The van der Waals surface area contributed by atoms with Crippen LogP contribution in [-0.2, 0) is 20.5 Å². The van der Waals surface area contributed by atoms with E-state index in [-0.39, 0.29) is 27.7 Å². The van der Waals surface area contributed by atoms with Crippen molar-refractivity contribution >= 4 is 9.84 Å². The number of rotatable bonds is 4. The molecule has 3 nitrogen and oxygen atoms in total. The van der Waals surface area contributed by atoms with Crippen LogP contribution in [0, 0.1) is 5.92 Å². The molecule has 1 fully saturated rings. The first kappa shape index (κ1) is 17.3. The van der Waals surface area contributed by atoms with E-state index in [9.17, 15) is 17.2 Å². The maximum Gasteiger partial charge on any atom is 0.270 e. The zero-order valence-corrected chi connectivity index (χ0v) is 13.9. The third kappa shape index (κ3) is 4.26. The average Bonchev–Trinajstić information content (AvgIpc) is 2.36. The Morgan fingerprint density at radius 2 is 2.05 bits per heavy atom. The summed E-state index contributed by atoms with van der Waals surface area (Å²) in [6.07, 6.45) is 1.32. The van der Waals surface area contributed by atoms with Crippen LogP contribution in [0.15, 0.2) is 29.2 Å². The molecule has 1 aromatic rings. The van der Waals surface area contributed by atoms with Gasteiger partial charge in [0.25, 0.3) is 5.92 Å². The Morgan fingerprint density at radius 3 is 2.64 bits per heavy atom. The van der Waals surface area contributed by atoms with Crippen LogP contribution in [0.2, 0.25) is 0 Å². The Balaban J connectivity index is 2.20. The highest BCUT2D eigenvalue weighted by Gasteiger charge is 2.33. The summed E-state index contributed by atoms with van der Waals surface area (Å²) in [5, 5.41) is 0. The van der Waals surface area contributed by atoms with Crippen LogP contribution in [0.4, 0.5) is 8.78 Å². The van der Waals surface area contributed by atoms with Crippen LogP contribution in [-0.4, -0.2) is 26.4 Å². The van der Waals surface area contributed by atoms with E-state index in [0.29, 0.717) is 19.4 Å². The van der Waals surface area contributed by atoms with Crippen LogP contribution in [0.25, 0.3) is 0 Å². The lowest BCUT2D eigenvalue weighted by Gasteiger charge is -2.35. The lowest BCUT2D eigenvalue weighted by Crippen LogP contribution is -2.36. The molecule has 0 saturated carbocycles. The predicted molar refractivity (Wildman–Crippen MR) is 80.8 cm³/mol. The van der Waals surface area contributed by atoms with E-state index in [2.05, 4.69) is 0 Å². The fraction of sp³-hybridized carbons (Fsp3) is 0.625. The molecule has 0 bridgehead atoms. The van der Waals surface area contributed by atoms with Gasteiger partial charge in [0.15, 0.2) is 9.84 Å². The summed E-state index contributed by atoms with van der Waals surface area (Å²) in [5.74, 6) is -3.09. The van der Waals surface area contributed by atoms with Crippen molar-refractivity contribution in [3.63, 3.8) is 0 Å². The highest BCUT2D eigenvalue weighted by Crippen LogP contribution is 2.32. The molecule has 1 atom stereocenters. The Hall–Kier alpha value is -1.01. The zero-order chi connectivity index (χ0) is 16.6. The molecule has 22 heavy (non-hydrogen) atoms. The molecule has 1 aromatic carbocycles. The van der Waals surface area contributed by atoms with Gasteiger partial charge in [0, 0.05) is 19.1 Å². The van der Waals surface area contributed by atoms with E-state index in [1.807, 2.05) is 13.8 Å². The molecule has 0 aromatic heterocycles. The highest BCUT2D eigenvalue weighted by atomic mass is 32.2. The topological polar surface area (TPSA) is 43.4 Å². The minimum Gasteiger partial charge on any atom is -0.376 e. The summed E-state index contributed by atoms with van der Waals surface area (Å²) in [7, 11) is -3.58. The summed E-state index contributed by atoms with van der Waals surface area (Å²) in [6, 6.07) is 5.08. The molecule has 0 aliphatic carbocycles. The second-order valence-corrected chi connectivity index (χ2v) is 8.70. The molecular weight excluding hydrogens is 310 g/mol. The highest BCUT2D eigenvalue weighted by molar-refractivity contribution is 7.91. The molecule has 0 amide bonds. The van der Waals surface area contributed by atoms with Crippen LogP contribution < -0.4 is 0 Å². The number of halogens is 2. The fourth-order valence-electron chi connectivity index (χ4n) is 2.87. The number of sulfone groups is 1. The van der Waals surface area contributed by atoms with Crippen LogP contribution in [0.1, 0.15) is 39.2 Å². The first-order valence-electron chi connectivity index (χ1n) is 7.35. The maximum absolute atomic E-state index is 13.4. The SMILES string of the molecule is CC1(C)CC(CS(=O)(=O)c2cccc(C(C)(F)F)c2)CCO1. The number of hydrogen-bond acceptors (Lipinski definition) is 3. The van der Waals surface area contributed by atoms with Gasteiger partial charge < -0.3 is 4.74 Å². The maximum atomic E-state index is 13.4. The summed E-state index contributed by atoms with van der Waals surface area (Å²) < 4.78 is 57.3. The first-order chi connectivity index (χ1) is 10.00. The summed E-state index contributed by atoms with van der Waals surface area (Å²) >= 11 is 0. The minimum absolute atomic E-state index is 0.0143. The molecule has 2 rings (SSSR count). The quantitative estimate of drug-likeness (QED) is 0.843. The monoisotopic (exact) mass is 332 g/mol. The summed E-state index contributed by atoms with van der Waals surface area (Å²) in [5.41, 5.74) is -0.614. The third-order valence-corrected chi connectivity index (χ3v) is 5.84. The van der Waals surface area contributed by atoms with Gasteiger partial charge in [0.2, 0.25) is 0 Å². The molecule has 6 heteroatoms. The normalized spacial score (nSPS) is 22.5. The Morgan fingerprint density at radius 1 is 1.36 bits per heavy atom. The van der Waals surface area contributed by atoms with E-state index >= 15 is 0 Å². The van der Waals surface area contributed by atoms with Gasteiger partial charge in [0.1, 0.15) is 0 Å². The van der Waals surface area contributed by atoms with Gasteiger partial charge in [-0.2, -0.15) is 0 Å². The van der Waals surface area contributed by atoms with E-state index < -0.39 is 15.8 Å². The summed E-state index contributed by atoms with van der Waals surface area (Å²) in [6.45, 7) is 5.16. The number of hydrogen-bond donors (Lipinski definition) is 0. The number of ether oxygens (including phenoxy) is 1. The Bertz CT molecular complexity index is 633. The van der Waals surface area contributed by atoms with Gasteiger partial charge in [-0.05, 0) is 44.7 Å². The second-order valence-electron chi connectivity index (χ2n) is 6.66. The lowest BCUT2D eigenvalue weighted by molar-refractivity contribution is -0.0685. The van der Waals surface area contributed by atoms with E-state index in [0.717, 1.165) is 13.0 Å². The summed E-state index contributed by atoms with van der Waals surface area (Å²) in [4.78, 5) is -0.0316. The van der Waals surface area contributed by atoms with Crippen LogP contribution in [0.5, 0.6) is 0 Å². The van der Waals surface area contributed by atoms with Crippen LogP contribution >= 0.6 is 0 Å². The van der Waals surface area contributed by atoms with Crippen molar-refractivity contribution in [3.8, 4) is 0 Å². The molecule has 1 aliphatic heterocycles. The average molecular weight is 332 g/mol. The van der Waals surface area contributed by atoms with Crippen LogP contribution in [0.3, 0.4) is 0 Å². The van der Waals surface area contributed by atoms with Gasteiger partial charge in [0.05, 0.1) is 16.2 Å². The smallest absolute Gasteiger partial charge is 0.270 e. The number of benzene rings is 1. The molecule has 1 heterocycles. The largest absolute Gasteiger partial charge is 0.376 e. The Kier molecular flexibility index (Phi) is 4.64. The molecule has 124 valence electrons. The van der Waals surface area contributed by atoms with E-state index in [1.165, 1.54) is 18.2 Å². The number of alkyl halides is 2. The first-order valence-corrected chi connectivity index (χ1v) is 9.00. The molecule has 0 N–H and O–H groups in total. The van der Waals surface area contributed by atoms with Gasteiger partial charge in [-0.15, -0.1) is 0 Å². The molecule has 1 saturated heterocycles. The molecule has 1 aliphatic rings. The van der Waals surface area contributed by atoms with Crippen molar-refractivity contribution in [1.29, 1.82) is 0 Å². The van der Waals surface area contributed by atoms with Crippen molar-refractivity contribution < 1.29 is 21.9 Å². The van der Waals surface area contributed by atoms with Crippen molar-refractivity contribution in [1.82, 2.24) is 0 Å². The second kappa shape index (κ2) is 5.89. The molecular formula is C16H22F2O3S. The third-order valence-electron chi connectivity index (χ3n) is 3.95. The van der Waals surface area contributed by atoms with Gasteiger partial charge in [-0.1, -0.05) is 12.1 Å². The van der Waals surface area contributed by atoms with Crippen molar-refractivity contribution in [2.45, 2.75) is 50.0 Å². The fourth-order valence-corrected chi connectivity index (χ4v) is 4.56. The van der Waals surface area contributed by atoms with Crippen molar-refractivity contribution in [3.05, 3.63) is 29.8 Å². The molecule has 0 spiro atoms. The van der Waals surface area contributed by atoms with Crippen molar-refractivity contribution in [2.24, 2.45) is 5.92 Å². The Labute approximate surface area is 130 Å². The van der Waals surface area contributed by atoms with Crippen molar-refractivity contribution in [2.75, 3.05) is 12.4 Å². The van der Waals surface area contributed by atoms with Gasteiger partial charge >= 0.3 is 0 Å². The standard InChI is InChI=1S/C16H22F2O3S/c1-15(2)10-12(7-8-21-15)11-22(19,20)14-6-4-5-13(9-14)16(3,17)18/h4-6,9,12H,7-8,10-11H2,1-3H3. The minimum atomic E-state index is -3.58. The van der Waals surface area contributed by atoms with Gasteiger partial charge in [-0.25, -0.2) is 17.2 Å². The predicted octanol–water partition coefficient (Wildman–Crippen LogP) is 3.78.